The minimum Gasteiger partial charge on any atom is -0.506 e. The number of nitrogens with zero attached hydrogens (tertiary/aromatic N) is 1. The highest BCUT2D eigenvalue weighted by Gasteiger charge is 2.37. The molecule has 0 spiro atoms. The van der Waals surface area contributed by atoms with E-state index in [0.717, 1.165) is 148 Å². The number of carbonyl (C=O) groups is 5. The molecule has 0 saturated carbocycles. The number of aryl methyl sites for hydroxylation is 1. The van der Waals surface area contributed by atoms with Gasteiger partial charge in [0.2, 0.25) is 0 Å². The van der Waals surface area contributed by atoms with Gasteiger partial charge < -0.3 is 35.2 Å². The van der Waals surface area contributed by atoms with Crippen LogP contribution in [0.25, 0.3) is 0 Å². The van der Waals surface area contributed by atoms with E-state index in [1.807, 2.05) is 96.1 Å². The average Bonchev–Trinajstić information content (AvgIpc) is 0.758. The number of benzene rings is 1. The monoisotopic (exact) mass is 1580 g/mol. The number of rotatable bonds is 42. The van der Waals surface area contributed by atoms with Gasteiger partial charge in [-0.05, 0) is 220 Å². The number of pyridine rings is 1. The summed E-state index contributed by atoms with van der Waals surface area (Å²) in [4.78, 5) is 63.4. The van der Waals surface area contributed by atoms with E-state index < -0.39 is 16.9 Å². The number of unbranched alkanes of at least 4 members (excludes halogenated alkanes) is 1. The maximum Gasteiger partial charge on any atom is 0.316 e. The Morgan fingerprint density at radius 1 is 0.544 bits per heavy atom. The summed E-state index contributed by atoms with van der Waals surface area (Å²) in [5.41, 5.74) is 4.04. The SMILES string of the molecule is CC(C)(C)C(=O)CCCC(=O)[C@H](O)C(C)(C)CO.CC/C=C\C/C=C\C/C=C\C/C=C\C/C=C\C/C=C\CC(=O)C(C)(C)C.CC/C=C\C/C=C\C/C=C\C/C=C\C/C=C\CCCC(=O)C(C)(C)C.Cc1c(C)c2c(c(C)c1OC(=O)C(C)(C)C)CCC(C)(CCCC(C)C(C)C)O2.Cc1ncc(CO)c(CNC(C)(C)C)c1O. The molecule has 1 aromatic heterocycles. The van der Waals surface area contributed by atoms with Crippen molar-refractivity contribution in [2.75, 3.05) is 6.61 Å². The molecule has 0 fully saturated rings. The second kappa shape index (κ2) is 58.0. The lowest BCUT2D eigenvalue weighted by molar-refractivity contribution is -0.143. The number of hydrogen-bond acceptors (Lipinski definition) is 13. The maximum absolute atomic E-state index is 12.5. The normalized spacial score (nSPS) is 15.1. The molecule has 3 rings (SSSR count). The first-order chi connectivity index (χ1) is 53.1. The zero-order valence-corrected chi connectivity index (χ0v) is 77.0. The Hall–Kier alpha value is -6.90. The maximum atomic E-state index is 12.5. The second-order valence-corrected chi connectivity index (χ2v) is 36.9. The molecule has 0 saturated heterocycles. The number of Topliss-reactive ketones (excluding diaryl/α,β-unsaturated/α-hetero) is 4. The third kappa shape index (κ3) is 50.6. The van der Waals surface area contributed by atoms with Crippen molar-refractivity contribution in [2.24, 2.45) is 38.9 Å². The van der Waals surface area contributed by atoms with Crippen molar-refractivity contribution in [3.63, 3.8) is 0 Å². The van der Waals surface area contributed by atoms with E-state index in [-0.39, 0.29) is 76.1 Å². The summed E-state index contributed by atoms with van der Waals surface area (Å²) in [6.07, 6.45) is 69.3. The van der Waals surface area contributed by atoms with Crippen LogP contribution in [0, 0.1) is 66.6 Å². The number of carbonyl (C=O) groups excluding carboxylic acids is 5. The van der Waals surface area contributed by atoms with Crippen LogP contribution < -0.4 is 14.8 Å². The number of aliphatic hydroxyl groups excluding tert-OH is 3. The van der Waals surface area contributed by atoms with Gasteiger partial charge in [-0.3, -0.25) is 29.0 Å². The van der Waals surface area contributed by atoms with Gasteiger partial charge in [-0.25, -0.2) is 0 Å². The number of fused-ring (bicyclic) bond motifs is 1. The van der Waals surface area contributed by atoms with Crippen LogP contribution in [-0.4, -0.2) is 78.4 Å². The number of aromatic hydroxyl groups is 1. The molecule has 644 valence electrons. The molecule has 1 aliphatic rings. The van der Waals surface area contributed by atoms with Gasteiger partial charge >= 0.3 is 5.97 Å². The number of allylic oxidation sites excluding steroid dienone is 22. The third-order valence-electron chi connectivity index (χ3n) is 19.9. The number of hydrogen-bond donors (Lipinski definition) is 5. The van der Waals surface area contributed by atoms with Gasteiger partial charge in [-0.1, -0.05) is 251 Å². The van der Waals surface area contributed by atoms with Crippen LogP contribution in [0.1, 0.15) is 340 Å². The standard InChI is InChI=1S/C26H42O3.C25H38O.C24H38O.C14H26O4.C12H20N2O2/c1-16(2)17(3)12-11-14-26(10)15-13-21-20(6)22(28-24(27)25(7,8)9)18(4)19(5)23(21)29-26;1-5-6-7-8-9-10-11-12-13-14-15-16-17-18-19-20-21-22-23-24(26)25(2,3)4;1-5-6-7-8-9-10-11-12-13-14-15-16-17-18-19-20-21-22-23(25)24(2,3)4;1-13(2,3)11(17)8-6-7-10(16)12(18)14(4,5)9-15;1-8-11(16)10(6-14-12(2,3)4)9(7-15)5-13-8/h16-17H,11-15H2,1-10H3;6-7,9-10,12-13,15-16,18-19,21-22H,5,8,11,14,17,20,23H2,1-4H3;6-7,9-10,12-13,15-16,18-19H,5,8,11,14,17,20-22H2,1-4H3;12,15,18H,6-9H2,1-5H3;5,14-16H,6-7H2,1-4H3/b;7-6-,10-9-,13-12-,16-15-,19-18-,22-21-;7-6-,10-9-,13-12-,16-15-,19-18-;;/t;;;12-;/m...0./s1. The van der Waals surface area contributed by atoms with E-state index >= 15 is 0 Å². The van der Waals surface area contributed by atoms with Crippen LogP contribution in [0.3, 0.4) is 0 Å². The Balaban J connectivity index is 0. The Morgan fingerprint density at radius 3 is 1.34 bits per heavy atom. The Kier molecular flexibility index (Phi) is 55.6. The zero-order valence-electron chi connectivity index (χ0n) is 77.0. The smallest absolute Gasteiger partial charge is 0.316 e. The molecule has 5 N–H and O–H groups in total. The summed E-state index contributed by atoms with van der Waals surface area (Å²) >= 11 is 0. The molecule has 0 radical (unpaired) electrons. The minimum absolute atomic E-state index is 0.0314. The van der Waals surface area contributed by atoms with Crippen molar-refractivity contribution in [1.29, 1.82) is 0 Å². The number of ether oxygens (including phenoxy) is 2. The average molecular weight is 1580 g/mol. The predicted molar refractivity (Wildman–Crippen MR) is 484 cm³/mol. The summed E-state index contributed by atoms with van der Waals surface area (Å²) in [5, 5.41) is 41.2. The molecule has 0 amide bonds. The summed E-state index contributed by atoms with van der Waals surface area (Å²) in [7, 11) is 0. The predicted octanol–water partition coefficient (Wildman–Crippen LogP) is 25.5. The molecule has 13 heteroatoms. The lowest BCUT2D eigenvalue weighted by Crippen LogP contribution is -2.39. The Morgan fingerprint density at radius 2 is 0.956 bits per heavy atom. The highest BCUT2D eigenvalue weighted by molar-refractivity contribution is 5.87. The molecular formula is C101H164N2O11. The summed E-state index contributed by atoms with van der Waals surface area (Å²) in [6, 6.07) is 0. The van der Waals surface area contributed by atoms with Crippen molar-refractivity contribution in [1.82, 2.24) is 10.3 Å². The molecule has 2 unspecified atom stereocenters. The fourth-order valence-corrected chi connectivity index (χ4v) is 11.0. The Bertz CT molecular complexity index is 3450. The molecule has 1 aliphatic heterocycles. The molecule has 1 aromatic carbocycles. The van der Waals surface area contributed by atoms with Crippen molar-refractivity contribution in [2.45, 2.75) is 365 Å². The van der Waals surface area contributed by atoms with E-state index in [0.29, 0.717) is 49.3 Å². The second-order valence-electron chi connectivity index (χ2n) is 36.9. The van der Waals surface area contributed by atoms with Crippen LogP contribution in [0.5, 0.6) is 17.2 Å². The number of ketones is 4. The summed E-state index contributed by atoms with van der Waals surface area (Å²) < 4.78 is 12.5. The largest absolute Gasteiger partial charge is 0.506 e. The van der Waals surface area contributed by atoms with E-state index in [2.05, 4.69) is 214 Å². The van der Waals surface area contributed by atoms with E-state index in [1.54, 1.807) is 27.0 Å². The highest BCUT2D eigenvalue weighted by atomic mass is 16.5. The topological polar surface area (TPSA) is 210 Å². The first-order valence-electron chi connectivity index (χ1n) is 42.7. The van der Waals surface area contributed by atoms with Crippen molar-refractivity contribution in [3.05, 3.63) is 179 Å². The summed E-state index contributed by atoms with van der Waals surface area (Å²) in [6.45, 7) is 54.1. The van der Waals surface area contributed by atoms with Gasteiger partial charge in [-0.2, -0.15) is 0 Å². The summed E-state index contributed by atoms with van der Waals surface area (Å²) in [5.74, 6) is 3.66. The molecule has 2 aromatic rings. The van der Waals surface area contributed by atoms with Gasteiger partial charge in [0.05, 0.1) is 24.3 Å². The lowest BCUT2D eigenvalue weighted by Gasteiger charge is -2.38. The fourth-order valence-electron chi connectivity index (χ4n) is 11.0. The Labute approximate surface area is 696 Å². The minimum atomic E-state index is -1.17. The zero-order chi connectivity index (χ0) is 87.4. The van der Waals surface area contributed by atoms with Crippen LogP contribution in [-0.2, 0) is 43.5 Å². The molecule has 13 nitrogen and oxygen atoms in total. The molecule has 0 bridgehead atoms. The van der Waals surface area contributed by atoms with Crippen LogP contribution in [0.15, 0.2) is 140 Å². The third-order valence-corrected chi connectivity index (χ3v) is 19.9. The molecule has 0 aliphatic carbocycles. The number of aromatic nitrogens is 1. The molecule has 3 atom stereocenters. The number of esters is 1. The van der Waals surface area contributed by atoms with Gasteiger partial charge in [0, 0.05) is 82.3 Å². The van der Waals surface area contributed by atoms with Gasteiger partial charge in [0.1, 0.15) is 46.3 Å². The molecular weight excluding hydrogens is 1420 g/mol. The lowest BCUT2D eigenvalue weighted by atomic mass is 9.83. The first-order valence-corrected chi connectivity index (χ1v) is 42.7. The highest BCUT2D eigenvalue weighted by Crippen LogP contribution is 2.46. The van der Waals surface area contributed by atoms with Gasteiger partial charge in [0.15, 0.2) is 5.78 Å². The van der Waals surface area contributed by atoms with Crippen molar-refractivity contribution in [3.8, 4) is 17.2 Å². The van der Waals surface area contributed by atoms with E-state index in [1.165, 1.54) is 18.4 Å². The van der Waals surface area contributed by atoms with Gasteiger partial charge in [0.25, 0.3) is 0 Å². The van der Waals surface area contributed by atoms with E-state index in [4.69, 9.17) is 14.6 Å². The number of aliphatic hydroxyl groups is 3. The van der Waals surface area contributed by atoms with Gasteiger partial charge in [-0.15, -0.1) is 0 Å². The van der Waals surface area contributed by atoms with Crippen molar-refractivity contribution >= 4 is 29.1 Å². The van der Waals surface area contributed by atoms with Crippen molar-refractivity contribution < 1.29 is 53.9 Å². The molecule has 2 heterocycles. The number of nitrogens with one attached hydrogen (secondary N) is 1. The molecule has 114 heavy (non-hydrogen) atoms. The van der Waals surface area contributed by atoms with Crippen LogP contribution in [0.2, 0.25) is 0 Å². The quantitative estimate of drug-likeness (QED) is 0.0182. The first kappa shape index (κ1) is 109. The van der Waals surface area contributed by atoms with E-state index in [9.17, 15) is 39.3 Å². The fraction of sp³-hybridized carbons (Fsp3) is 0.624. The van der Waals surface area contributed by atoms with Crippen LogP contribution in [0.4, 0.5) is 0 Å². The van der Waals surface area contributed by atoms with Crippen LogP contribution >= 0.6 is 0 Å².